The van der Waals surface area contributed by atoms with Gasteiger partial charge in [-0.2, -0.15) is 0 Å². The number of hydrogen-bond acceptors (Lipinski definition) is 4. The quantitative estimate of drug-likeness (QED) is 0.187. The second kappa shape index (κ2) is 10.7. The van der Waals surface area contributed by atoms with E-state index in [1.807, 2.05) is 12.3 Å². The fourth-order valence-corrected chi connectivity index (χ4v) is 7.28. The molecular formula is C42H39BN4. The van der Waals surface area contributed by atoms with Crippen LogP contribution >= 0.6 is 0 Å². The van der Waals surface area contributed by atoms with Crippen molar-refractivity contribution < 1.29 is 0 Å². The topological polar surface area (TPSA) is 32.3 Å². The maximum Gasteiger partial charge on any atom is 0.252 e. The molecule has 3 heterocycles. The van der Waals surface area contributed by atoms with E-state index in [-0.39, 0.29) is 17.5 Å². The molecule has 0 saturated carbocycles. The average Bonchev–Trinajstić information content (AvgIpc) is 3.08. The van der Waals surface area contributed by atoms with Crippen molar-refractivity contribution in [1.82, 2.24) is 9.97 Å². The van der Waals surface area contributed by atoms with E-state index in [1.54, 1.807) is 6.33 Å². The van der Waals surface area contributed by atoms with Crippen LogP contribution in [0.5, 0.6) is 0 Å². The summed E-state index contributed by atoms with van der Waals surface area (Å²) < 4.78 is 0. The highest BCUT2D eigenvalue weighted by atomic mass is 15.2. The minimum Gasteiger partial charge on any atom is -0.311 e. The maximum atomic E-state index is 4.72. The Balaban J connectivity index is 1.44. The molecule has 0 radical (unpaired) electrons. The van der Waals surface area contributed by atoms with Gasteiger partial charge in [0.25, 0.3) is 6.71 Å². The van der Waals surface area contributed by atoms with Crippen LogP contribution in [0.3, 0.4) is 0 Å². The van der Waals surface area contributed by atoms with Gasteiger partial charge in [-0.1, -0.05) is 102 Å². The van der Waals surface area contributed by atoms with Gasteiger partial charge in [-0.3, -0.25) is 0 Å². The van der Waals surface area contributed by atoms with Crippen molar-refractivity contribution in [3.8, 4) is 11.3 Å². The van der Waals surface area contributed by atoms with Crippen LogP contribution in [-0.4, -0.2) is 16.7 Å². The lowest BCUT2D eigenvalue weighted by molar-refractivity contribution is 0.590. The van der Waals surface area contributed by atoms with Crippen LogP contribution in [0.2, 0.25) is 0 Å². The Kier molecular flexibility index (Phi) is 6.66. The fraction of sp³-hybridized carbons (Fsp3) is 0.190. The number of hydrogen-bond donors (Lipinski definition) is 0. The smallest absolute Gasteiger partial charge is 0.252 e. The fourth-order valence-electron chi connectivity index (χ4n) is 7.28. The molecule has 0 bridgehead atoms. The van der Waals surface area contributed by atoms with Gasteiger partial charge in [0, 0.05) is 45.9 Å². The van der Waals surface area contributed by atoms with Gasteiger partial charge in [0.15, 0.2) is 0 Å². The third-order valence-electron chi connectivity index (χ3n) is 9.74. The summed E-state index contributed by atoms with van der Waals surface area (Å²) in [5.41, 5.74) is 15.7. The first-order valence-electron chi connectivity index (χ1n) is 16.5. The molecule has 0 saturated heterocycles. The summed E-state index contributed by atoms with van der Waals surface area (Å²) in [5, 5.41) is 0. The van der Waals surface area contributed by atoms with E-state index in [2.05, 4.69) is 166 Å². The second-order valence-electron chi connectivity index (χ2n) is 14.8. The molecule has 5 aromatic carbocycles. The number of rotatable bonds is 3. The van der Waals surface area contributed by atoms with Crippen LogP contribution < -0.4 is 26.2 Å². The molecule has 1 aromatic heterocycles. The summed E-state index contributed by atoms with van der Waals surface area (Å²) in [4.78, 5) is 13.9. The summed E-state index contributed by atoms with van der Waals surface area (Å²) in [6, 6.07) is 42.8. The number of para-hydroxylation sites is 2. The predicted molar refractivity (Wildman–Crippen MR) is 199 cm³/mol. The number of fused-ring (bicyclic) bond motifs is 4. The average molecular weight is 611 g/mol. The molecule has 5 heteroatoms. The van der Waals surface area contributed by atoms with Gasteiger partial charge in [-0.05, 0) is 92.9 Å². The molecular weight excluding hydrogens is 571 g/mol. The minimum atomic E-state index is 0.0717. The maximum absolute atomic E-state index is 4.72. The lowest BCUT2D eigenvalue weighted by Gasteiger charge is -2.44. The lowest BCUT2D eigenvalue weighted by Crippen LogP contribution is -2.61. The Morgan fingerprint density at radius 3 is 1.43 bits per heavy atom. The second-order valence-corrected chi connectivity index (χ2v) is 14.8. The predicted octanol–water partition coefficient (Wildman–Crippen LogP) is 8.82. The summed E-state index contributed by atoms with van der Waals surface area (Å²) in [7, 11) is 0. The molecule has 47 heavy (non-hydrogen) atoms. The van der Waals surface area contributed by atoms with E-state index in [9.17, 15) is 0 Å². The molecule has 0 atom stereocenters. The van der Waals surface area contributed by atoms with Gasteiger partial charge in [0.1, 0.15) is 6.33 Å². The molecule has 2 aliphatic rings. The van der Waals surface area contributed by atoms with Crippen molar-refractivity contribution in [2.45, 2.75) is 52.4 Å². The largest absolute Gasteiger partial charge is 0.311 e. The SMILES string of the molecule is CC(C)(C)c1ccc(N2c3ccccc3B3c4ccccc4N(c4ccc(C(C)(C)C)cc4)c4cc(-c5ccncn5)cc2c43)cc1. The van der Waals surface area contributed by atoms with Crippen LogP contribution in [0.4, 0.5) is 34.1 Å². The molecule has 0 fully saturated rings. The highest BCUT2D eigenvalue weighted by Gasteiger charge is 2.43. The zero-order valence-electron chi connectivity index (χ0n) is 28.0. The van der Waals surface area contributed by atoms with Crippen LogP contribution in [-0.2, 0) is 10.8 Å². The van der Waals surface area contributed by atoms with E-state index in [0.717, 1.165) is 22.6 Å². The monoisotopic (exact) mass is 610 g/mol. The van der Waals surface area contributed by atoms with Crippen LogP contribution in [0.15, 0.2) is 128 Å². The van der Waals surface area contributed by atoms with Crippen molar-refractivity contribution in [3.63, 3.8) is 0 Å². The molecule has 0 aliphatic carbocycles. The van der Waals surface area contributed by atoms with Gasteiger partial charge in [0.2, 0.25) is 0 Å². The molecule has 8 rings (SSSR count). The summed E-state index contributed by atoms with van der Waals surface area (Å²) in [6.45, 7) is 13.7. The van der Waals surface area contributed by atoms with E-state index in [0.29, 0.717) is 0 Å². The van der Waals surface area contributed by atoms with Gasteiger partial charge >= 0.3 is 0 Å². The molecule has 6 aromatic rings. The Morgan fingerprint density at radius 2 is 1.00 bits per heavy atom. The van der Waals surface area contributed by atoms with Gasteiger partial charge in [-0.25, -0.2) is 9.97 Å². The number of aromatic nitrogens is 2. The van der Waals surface area contributed by atoms with E-state index in [4.69, 9.17) is 4.98 Å². The first-order chi connectivity index (χ1) is 22.6. The van der Waals surface area contributed by atoms with Crippen molar-refractivity contribution in [2.24, 2.45) is 0 Å². The summed E-state index contributed by atoms with van der Waals surface area (Å²) in [5.74, 6) is 0. The lowest BCUT2D eigenvalue weighted by atomic mass is 9.33. The van der Waals surface area contributed by atoms with Gasteiger partial charge in [-0.15, -0.1) is 0 Å². The van der Waals surface area contributed by atoms with Crippen LogP contribution in [0.25, 0.3) is 11.3 Å². The molecule has 230 valence electrons. The van der Waals surface area contributed by atoms with Crippen molar-refractivity contribution in [1.29, 1.82) is 0 Å². The molecule has 0 unspecified atom stereocenters. The van der Waals surface area contributed by atoms with Gasteiger partial charge in [0.05, 0.1) is 5.69 Å². The molecule has 2 aliphatic heterocycles. The molecule has 4 nitrogen and oxygen atoms in total. The van der Waals surface area contributed by atoms with Crippen molar-refractivity contribution >= 4 is 57.2 Å². The minimum absolute atomic E-state index is 0.0717. The standard InChI is InChI=1S/C42H39BN4/c1-41(2,3)29-15-19-31(20-16-29)46-36-13-9-7-11-33(36)43-34-12-8-10-14-37(34)47(32-21-17-30(18-22-32)42(4,5)6)39-26-28(25-38(46)40(39)43)35-23-24-44-27-45-35/h7-27H,1-6H3. The number of benzene rings is 5. The Morgan fingerprint density at radius 1 is 0.532 bits per heavy atom. The van der Waals surface area contributed by atoms with E-state index >= 15 is 0 Å². The third-order valence-corrected chi connectivity index (χ3v) is 9.74. The molecule has 0 spiro atoms. The Hall–Kier alpha value is -5.16. The summed E-state index contributed by atoms with van der Waals surface area (Å²) >= 11 is 0. The third kappa shape index (κ3) is 4.84. The van der Waals surface area contributed by atoms with Crippen LogP contribution in [0.1, 0.15) is 52.7 Å². The number of nitrogens with zero attached hydrogens (tertiary/aromatic N) is 4. The summed E-state index contributed by atoms with van der Waals surface area (Å²) in [6.07, 6.45) is 3.46. The van der Waals surface area contributed by atoms with Crippen molar-refractivity contribution in [2.75, 3.05) is 9.80 Å². The first-order valence-corrected chi connectivity index (χ1v) is 16.5. The van der Waals surface area contributed by atoms with E-state index < -0.39 is 0 Å². The zero-order chi connectivity index (χ0) is 32.5. The highest BCUT2D eigenvalue weighted by Crippen LogP contribution is 2.46. The zero-order valence-corrected chi connectivity index (χ0v) is 28.0. The van der Waals surface area contributed by atoms with E-state index in [1.165, 1.54) is 50.3 Å². The van der Waals surface area contributed by atoms with Gasteiger partial charge < -0.3 is 9.80 Å². The Bertz CT molecular complexity index is 1980. The molecule has 0 amide bonds. The van der Waals surface area contributed by atoms with Crippen molar-refractivity contribution in [3.05, 3.63) is 139 Å². The molecule has 0 N–H and O–H groups in total. The Labute approximate surface area is 278 Å². The first kappa shape index (κ1) is 29.3. The number of anilines is 6. The normalized spacial score (nSPS) is 13.6. The van der Waals surface area contributed by atoms with Crippen LogP contribution in [0, 0.1) is 0 Å². The highest BCUT2D eigenvalue weighted by molar-refractivity contribution is 7.00.